The fourth-order valence-corrected chi connectivity index (χ4v) is 3.45. The first-order chi connectivity index (χ1) is 14.8. The van der Waals surface area contributed by atoms with Crippen molar-refractivity contribution in [2.45, 2.75) is 33.4 Å². The molecule has 2 heterocycles. The third kappa shape index (κ3) is 4.02. The summed E-state index contributed by atoms with van der Waals surface area (Å²) in [5, 5.41) is 3.11. The summed E-state index contributed by atoms with van der Waals surface area (Å²) in [7, 11) is 0. The normalized spacial score (nSPS) is 16.2. The van der Waals surface area contributed by atoms with Crippen molar-refractivity contribution in [2.75, 3.05) is 16.0 Å². The van der Waals surface area contributed by atoms with Gasteiger partial charge in [-0.25, -0.2) is 4.79 Å². The van der Waals surface area contributed by atoms with E-state index >= 15 is 0 Å². The number of aromatic nitrogens is 3. The van der Waals surface area contributed by atoms with Gasteiger partial charge in [-0.05, 0) is 44.5 Å². The number of nitrogens with two attached hydrogens (primary N) is 1. The van der Waals surface area contributed by atoms with E-state index in [4.69, 9.17) is 5.73 Å². The topological polar surface area (TPSA) is 117 Å². The molecule has 0 saturated carbocycles. The minimum absolute atomic E-state index is 0.00335. The maximum absolute atomic E-state index is 13.0. The Labute approximate surface area is 179 Å². The number of nitrogen functional groups attached to an aromatic ring is 1. The number of para-hydroxylation sites is 1. The molecule has 3 N–H and O–H groups in total. The maximum atomic E-state index is 13.0. The van der Waals surface area contributed by atoms with Crippen molar-refractivity contribution in [1.29, 1.82) is 0 Å². The van der Waals surface area contributed by atoms with Crippen LogP contribution in [0, 0.1) is 13.8 Å². The molecular formula is C22H23N7O2. The van der Waals surface area contributed by atoms with Crippen molar-refractivity contribution >= 4 is 35.2 Å². The van der Waals surface area contributed by atoms with E-state index in [0.717, 1.165) is 21.7 Å². The van der Waals surface area contributed by atoms with Crippen molar-refractivity contribution in [2.24, 2.45) is 0 Å². The summed E-state index contributed by atoms with van der Waals surface area (Å²) in [4.78, 5) is 41.1. The Kier molecular flexibility index (Phi) is 5.24. The summed E-state index contributed by atoms with van der Waals surface area (Å²) in [6, 6.07) is 14.1. The van der Waals surface area contributed by atoms with Crippen LogP contribution in [0.2, 0.25) is 0 Å². The van der Waals surface area contributed by atoms with Gasteiger partial charge in [0, 0.05) is 11.4 Å². The van der Waals surface area contributed by atoms with Gasteiger partial charge in [0.15, 0.2) is 5.82 Å². The fourth-order valence-electron chi connectivity index (χ4n) is 3.45. The third-order valence-electron chi connectivity index (χ3n) is 5.15. The average Bonchev–Trinajstić information content (AvgIpc) is 2.93. The molecule has 3 amide bonds. The lowest BCUT2D eigenvalue weighted by Gasteiger charge is -2.19. The molecule has 1 aromatic heterocycles. The number of nitrogens with one attached hydrogen (secondary N) is 1. The van der Waals surface area contributed by atoms with Crippen LogP contribution in [-0.4, -0.2) is 37.8 Å². The van der Waals surface area contributed by atoms with Crippen LogP contribution in [0.3, 0.4) is 0 Å². The monoisotopic (exact) mass is 417 g/mol. The number of carbonyl (C=O) groups excluding carboxylic acids is 2. The van der Waals surface area contributed by atoms with Gasteiger partial charge in [0.05, 0.1) is 6.54 Å². The number of hydrogen-bond donors (Lipinski definition) is 2. The second-order valence-electron chi connectivity index (χ2n) is 7.46. The second kappa shape index (κ2) is 8.02. The number of imide groups is 1. The summed E-state index contributed by atoms with van der Waals surface area (Å²) < 4.78 is 0. The Bertz CT molecular complexity index is 1150. The van der Waals surface area contributed by atoms with Crippen molar-refractivity contribution in [1.82, 2.24) is 19.9 Å². The minimum atomic E-state index is -0.626. The average molecular weight is 417 g/mol. The Morgan fingerprint density at radius 3 is 2.42 bits per heavy atom. The SMILES string of the molecule is Cc1ccc(N2C(=O)N(Cc3nc(N)nc(Nc4ccccc4C)n3)C(=O)[C@@H]2C)cc1. The number of urea groups is 1. The molecule has 9 nitrogen and oxygen atoms in total. The zero-order valence-electron chi connectivity index (χ0n) is 17.5. The number of aryl methyl sites for hydroxylation is 2. The molecule has 0 radical (unpaired) electrons. The van der Waals surface area contributed by atoms with E-state index in [2.05, 4.69) is 20.3 Å². The van der Waals surface area contributed by atoms with Gasteiger partial charge in [0.2, 0.25) is 11.9 Å². The molecule has 1 atom stereocenters. The molecule has 0 unspecified atom stereocenters. The highest BCUT2D eigenvalue weighted by atomic mass is 16.2. The van der Waals surface area contributed by atoms with Gasteiger partial charge in [-0.1, -0.05) is 35.9 Å². The highest BCUT2D eigenvalue weighted by Crippen LogP contribution is 2.27. The molecule has 1 aliphatic heterocycles. The largest absolute Gasteiger partial charge is 0.368 e. The Balaban J connectivity index is 1.58. The van der Waals surface area contributed by atoms with Crippen LogP contribution in [0.4, 0.5) is 28.1 Å². The van der Waals surface area contributed by atoms with E-state index < -0.39 is 12.1 Å². The number of benzene rings is 2. The zero-order chi connectivity index (χ0) is 22.1. The molecule has 4 rings (SSSR count). The van der Waals surface area contributed by atoms with Crippen LogP contribution >= 0.6 is 0 Å². The second-order valence-corrected chi connectivity index (χ2v) is 7.46. The summed E-state index contributed by atoms with van der Waals surface area (Å²) in [6.07, 6.45) is 0. The third-order valence-corrected chi connectivity index (χ3v) is 5.15. The van der Waals surface area contributed by atoms with E-state index in [1.165, 1.54) is 4.90 Å². The standard InChI is InChI=1S/C22H23N7O2/c1-13-8-10-16(11-9-13)29-15(3)19(30)28(22(29)31)12-18-25-20(23)27-21(26-18)24-17-7-5-4-6-14(17)2/h4-11,15H,12H2,1-3H3,(H3,23,24,25,26,27)/t15-/m0/s1. The first-order valence-corrected chi connectivity index (χ1v) is 9.88. The molecule has 158 valence electrons. The van der Waals surface area contributed by atoms with Gasteiger partial charge in [-0.2, -0.15) is 15.0 Å². The van der Waals surface area contributed by atoms with E-state index in [1.807, 2.05) is 62.4 Å². The Hall–Kier alpha value is -4.01. The zero-order valence-corrected chi connectivity index (χ0v) is 17.5. The van der Waals surface area contributed by atoms with Crippen molar-refractivity contribution < 1.29 is 9.59 Å². The quantitative estimate of drug-likeness (QED) is 0.612. The van der Waals surface area contributed by atoms with Crippen LogP contribution in [-0.2, 0) is 11.3 Å². The molecule has 0 aliphatic carbocycles. The van der Waals surface area contributed by atoms with Gasteiger partial charge in [0.1, 0.15) is 6.04 Å². The number of carbonyl (C=O) groups is 2. The van der Waals surface area contributed by atoms with E-state index in [0.29, 0.717) is 5.69 Å². The predicted octanol–water partition coefficient (Wildman–Crippen LogP) is 3.17. The lowest BCUT2D eigenvalue weighted by molar-refractivity contribution is -0.127. The van der Waals surface area contributed by atoms with Gasteiger partial charge in [-0.3, -0.25) is 14.6 Å². The van der Waals surface area contributed by atoms with Gasteiger partial charge in [-0.15, -0.1) is 0 Å². The van der Waals surface area contributed by atoms with Gasteiger partial charge < -0.3 is 11.1 Å². The minimum Gasteiger partial charge on any atom is -0.368 e. The van der Waals surface area contributed by atoms with Gasteiger partial charge in [0.25, 0.3) is 5.91 Å². The predicted molar refractivity (Wildman–Crippen MR) is 118 cm³/mol. The number of nitrogens with zero attached hydrogens (tertiary/aromatic N) is 5. The van der Waals surface area contributed by atoms with Crippen LogP contribution < -0.4 is 16.0 Å². The molecule has 1 fully saturated rings. The number of rotatable bonds is 5. The van der Waals surface area contributed by atoms with Crippen LogP contribution in [0.5, 0.6) is 0 Å². The van der Waals surface area contributed by atoms with Crippen LogP contribution in [0.15, 0.2) is 48.5 Å². The van der Waals surface area contributed by atoms with E-state index in [9.17, 15) is 9.59 Å². The van der Waals surface area contributed by atoms with Crippen molar-refractivity contribution in [3.63, 3.8) is 0 Å². The molecule has 1 saturated heterocycles. The first kappa shape index (κ1) is 20.3. The lowest BCUT2D eigenvalue weighted by Crippen LogP contribution is -2.34. The molecule has 1 aliphatic rings. The summed E-state index contributed by atoms with van der Waals surface area (Å²) in [5.41, 5.74) is 9.42. The molecular weight excluding hydrogens is 394 g/mol. The molecule has 3 aromatic rings. The van der Waals surface area contributed by atoms with Crippen LogP contribution in [0.1, 0.15) is 23.9 Å². The van der Waals surface area contributed by atoms with E-state index in [-0.39, 0.29) is 30.2 Å². The highest BCUT2D eigenvalue weighted by molar-refractivity contribution is 6.13. The number of hydrogen-bond acceptors (Lipinski definition) is 7. The molecule has 0 spiro atoms. The Morgan fingerprint density at radius 1 is 1.00 bits per heavy atom. The van der Waals surface area contributed by atoms with Crippen molar-refractivity contribution in [3.8, 4) is 0 Å². The van der Waals surface area contributed by atoms with Gasteiger partial charge >= 0.3 is 6.03 Å². The molecule has 0 bridgehead atoms. The summed E-state index contributed by atoms with van der Waals surface area (Å²) in [5.74, 6) is 0.157. The van der Waals surface area contributed by atoms with Crippen molar-refractivity contribution in [3.05, 3.63) is 65.5 Å². The molecule has 31 heavy (non-hydrogen) atoms. The summed E-state index contributed by atoms with van der Waals surface area (Å²) >= 11 is 0. The molecule has 2 aromatic carbocycles. The fraction of sp³-hybridized carbons (Fsp3) is 0.227. The maximum Gasteiger partial charge on any atom is 0.332 e. The smallest absolute Gasteiger partial charge is 0.332 e. The van der Waals surface area contributed by atoms with E-state index in [1.54, 1.807) is 6.92 Å². The summed E-state index contributed by atoms with van der Waals surface area (Å²) in [6.45, 7) is 5.52. The first-order valence-electron chi connectivity index (χ1n) is 9.88. The molecule has 9 heteroatoms. The lowest BCUT2D eigenvalue weighted by atomic mass is 10.2. The van der Waals surface area contributed by atoms with Crippen LogP contribution in [0.25, 0.3) is 0 Å². The Morgan fingerprint density at radius 2 is 1.71 bits per heavy atom. The highest BCUT2D eigenvalue weighted by Gasteiger charge is 2.43. The number of anilines is 4. The number of amides is 3.